The van der Waals surface area contributed by atoms with Crippen LogP contribution in [-0.4, -0.2) is 25.5 Å². The highest BCUT2D eigenvalue weighted by atomic mass is 16.6. The zero-order valence-corrected chi connectivity index (χ0v) is 19.9. The minimum atomic E-state index is -0.430. The van der Waals surface area contributed by atoms with Crippen molar-refractivity contribution in [2.24, 2.45) is 0 Å². The molecule has 6 aromatic rings. The van der Waals surface area contributed by atoms with Crippen LogP contribution in [0.2, 0.25) is 0 Å². The number of carbonyl (C=O) groups excluding carboxylic acids is 1. The molecule has 4 aromatic carbocycles. The lowest BCUT2D eigenvalue weighted by Gasteiger charge is -2.12. The van der Waals surface area contributed by atoms with E-state index in [2.05, 4.69) is 0 Å². The Morgan fingerprint density at radius 2 is 1.29 bits per heavy atom. The van der Waals surface area contributed by atoms with Gasteiger partial charge in [0.05, 0.1) is 27.3 Å². The van der Waals surface area contributed by atoms with E-state index >= 15 is 0 Å². The third kappa shape index (κ3) is 3.19. The molecule has 0 radical (unpaired) electrons. The SMILES string of the molecule is O=C1c2ccccc2-c2nc3c(c(-c4ccccc4)nn3-c3ccccc3)c(-c3ccc([N+](=O)[O-])cc3)c21. The van der Waals surface area contributed by atoms with E-state index in [0.29, 0.717) is 44.7 Å². The smallest absolute Gasteiger partial charge is 0.269 e. The molecule has 0 aliphatic heterocycles. The van der Waals surface area contributed by atoms with Gasteiger partial charge in [0, 0.05) is 34.4 Å². The molecule has 1 aliphatic carbocycles. The molecule has 2 heterocycles. The lowest BCUT2D eigenvalue weighted by Crippen LogP contribution is -2.02. The zero-order valence-electron chi connectivity index (χ0n) is 19.9. The lowest BCUT2D eigenvalue weighted by atomic mass is 9.93. The van der Waals surface area contributed by atoms with Crippen LogP contribution in [0.3, 0.4) is 0 Å². The van der Waals surface area contributed by atoms with Gasteiger partial charge in [0.15, 0.2) is 11.4 Å². The van der Waals surface area contributed by atoms with E-state index in [0.717, 1.165) is 16.8 Å². The Bertz CT molecular complexity index is 1890. The number of ketones is 1. The quantitative estimate of drug-likeness (QED) is 0.197. The van der Waals surface area contributed by atoms with Gasteiger partial charge in [-0.1, -0.05) is 72.8 Å². The van der Waals surface area contributed by atoms with Gasteiger partial charge in [-0.2, -0.15) is 5.10 Å². The molecule has 38 heavy (non-hydrogen) atoms. The molecule has 0 saturated carbocycles. The topological polar surface area (TPSA) is 90.9 Å². The molecule has 0 fully saturated rings. The van der Waals surface area contributed by atoms with Gasteiger partial charge in [0.25, 0.3) is 5.69 Å². The van der Waals surface area contributed by atoms with E-state index in [1.54, 1.807) is 16.8 Å². The van der Waals surface area contributed by atoms with Gasteiger partial charge < -0.3 is 0 Å². The second kappa shape index (κ2) is 8.31. The number of benzene rings is 4. The number of fused-ring (bicyclic) bond motifs is 4. The highest BCUT2D eigenvalue weighted by Gasteiger charge is 2.35. The number of pyridine rings is 1. The summed E-state index contributed by atoms with van der Waals surface area (Å²) in [4.78, 5) is 29.9. The van der Waals surface area contributed by atoms with Crippen LogP contribution in [0.4, 0.5) is 5.69 Å². The third-order valence-electron chi connectivity index (χ3n) is 6.88. The van der Waals surface area contributed by atoms with E-state index in [-0.39, 0.29) is 11.5 Å². The van der Waals surface area contributed by atoms with Gasteiger partial charge in [-0.3, -0.25) is 14.9 Å². The van der Waals surface area contributed by atoms with Gasteiger partial charge >= 0.3 is 0 Å². The average molecular weight is 495 g/mol. The Balaban J connectivity index is 1.66. The fraction of sp³-hybridized carbons (Fsp3) is 0. The first-order chi connectivity index (χ1) is 18.6. The Hall–Kier alpha value is -5.43. The molecule has 0 saturated heterocycles. The summed E-state index contributed by atoms with van der Waals surface area (Å²) in [6.45, 7) is 0. The summed E-state index contributed by atoms with van der Waals surface area (Å²) >= 11 is 0. The van der Waals surface area contributed by atoms with Gasteiger partial charge in [-0.15, -0.1) is 0 Å². The first kappa shape index (κ1) is 21.8. The van der Waals surface area contributed by atoms with Gasteiger partial charge in [0.1, 0.15) is 5.69 Å². The summed E-state index contributed by atoms with van der Waals surface area (Å²) in [5.41, 5.74) is 6.75. The maximum absolute atomic E-state index is 13.9. The van der Waals surface area contributed by atoms with Crippen LogP contribution in [0.15, 0.2) is 109 Å². The predicted octanol–water partition coefficient (Wildman–Crippen LogP) is 6.87. The highest BCUT2D eigenvalue weighted by Crippen LogP contribution is 2.46. The zero-order chi connectivity index (χ0) is 25.8. The number of aromatic nitrogens is 3. The Morgan fingerprint density at radius 3 is 1.97 bits per heavy atom. The summed E-state index contributed by atoms with van der Waals surface area (Å²) in [5, 5.41) is 17.1. The number of hydrogen-bond donors (Lipinski definition) is 0. The lowest BCUT2D eigenvalue weighted by molar-refractivity contribution is -0.384. The number of non-ortho nitro benzene ring substituents is 1. The largest absolute Gasteiger partial charge is 0.288 e. The first-order valence-corrected chi connectivity index (χ1v) is 12.1. The molecule has 2 aromatic heterocycles. The fourth-order valence-corrected chi connectivity index (χ4v) is 5.17. The van der Waals surface area contributed by atoms with Crippen molar-refractivity contribution in [1.29, 1.82) is 0 Å². The number of carbonyl (C=O) groups is 1. The normalized spacial score (nSPS) is 11.9. The van der Waals surface area contributed by atoms with E-state index in [9.17, 15) is 14.9 Å². The van der Waals surface area contributed by atoms with Crippen molar-refractivity contribution < 1.29 is 9.72 Å². The van der Waals surface area contributed by atoms with Crippen molar-refractivity contribution in [3.05, 3.63) is 130 Å². The molecule has 0 N–H and O–H groups in total. The Morgan fingerprint density at radius 1 is 0.658 bits per heavy atom. The number of rotatable bonds is 4. The van der Waals surface area contributed by atoms with Crippen molar-refractivity contribution in [2.45, 2.75) is 0 Å². The monoisotopic (exact) mass is 494 g/mol. The molecular weight excluding hydrogens is 476 g/mol. The van der Waals surface area contributed by atoms with Gasteiger partial charge in [-0.05, 0) is 29.8 Å². The maximum atomic E-state index is 13.9. The van der Waals surface area contributed by atoms with Crippen LogP contribution in [0.1, 0.15) is 15.9 Å². The molecule has 7 heteroatoms. The van der Waals surface area contributed by atoms with Gasteiger partial charge in [-0.25, -0.2) is 9.67 Å². The second-order valence-electron chi connectivity index (χ2n) is 9.05. The van der Waals surface area contributed by atoms with E-state index < -0.39 is 4.92 Å². The minimum absolute atomic E-state index is 0.0198. The van der Waals surface area contributed by atoms with Crippen LogP contribution >= 0.6 is 0 Å². The average Bonchev–Trinajstić information content (AvgIpc) is 3.49. The van der Waals surface area contributed by atoms with Crippen molar-refractivity contribution in [3.63, 3.8) is 0 Å². The van der Waals surface area contributed by atoms with Crippen LogP contribution in [-0.2, 0) is 0 Å². The van der Waals surface area contributed by atoms with Crippen LogP contribution in [0.25, 0.3) is 50.4 Å². The Labute approximate surface area is 216 Å². The van der Waals surface area contributed by atoms with E-state index in [1.165, 1.54) is 12.1 Å². The molecule has 7 rings (SSSR count). The molecule has 1 aliphatic rings. The van der Waals surface area contributed by atoms with Crippen molar-refractivity contribution in [2.75, 3.05) is 0 Å². The number of hydrogen-bond acceptors (Lipinski definition) is 5. The van der Waals surface area contributed by atoms with Crippen LogP contribution in [0, 0.1) is 10.1 Å². The summed E-state index contributed by atoms with van der Waals surface area (Å²) < 4.78 is 1.80. The summed E-state index contributed by atoms with van der Waals surface area (Å²) in [5.74, 6) is -0.121. The minimum Gasteiger partial charge on any atom is -0.288 e. The molecule has 180 valence electrons. The first-order valence-electron chi connectivity index (χ1n) is 12.1. The molecule has 0 bridgehead atoms. The predicted molar refractivity (Wildman–Crippen MR) is 145 cm³/mol. The molecular formula is C31H18N4O3. The van der Waals surface area contributed by atoms with Crippen molar-refractivity contribution in [3.8, 4) is 39.3 Å². The highest BCUT2D eigenvalue weighted by molar-refractivity contribution is 6.27. The summed E-state index contributed by atoms with van der Waals surface area (Å²) in [7, 11) is 0. The maximum Gasteiger partial charge on any atom is 0.269 e. The standard InChI is InChI=1S/C31H18N4O3/c36-30-24-14-8-7-13-23(24)29-26(30)25(19-15-17-22(18-16-19)35(37)38)27-28(20-9-3-1-4-10-20)33-34(31(27)32-29)21-11-5-2-6-12-21/h1-18H. The van der Waals surface area contributed by atoms with Crippen LogP contribution in [0.5, 0.6) is 0 Å². The molecule has 0 atom stereocenters. The van der Waals surface area contributed by atoms with E-state index in [1.807, 2.05) is 84.9 Å². The van der Waals surface area contributed by atoms with Crippen molar-refractivity contribution in [1.82, 2.24) is 14.8 Å². The number of nitrogens with zero attached hydrogens (tertiary/aromatic N) is 4. The number of nitro benzene ring substituents is 1. The van der Waals surface area contributed by atoms with Gasteiger partial charge in [0.2, 0.25) is 0 Å². The fourth-order valence-electron chi connectivity index (χ4n) is 5.17. The Kier molecular flexibility index (Phi) is 4.77. The third-order valence-corrected chi connectivity index (χ3v) is 6.88. The molecule has 0 amide bonds. The number of para-hydroxylation sites is 1. The van der Waals surface area contributed by atoms with Crippen molar-refractivity contribution >= 4 is 22.5 Å². The summed E-state index contributed by atoms with van der Waals surface area (Å²) in [6.07, 6.45) is 0. The van der Waals surface area contributed by atoms with E-state index in [4.69, 9.17) is 10.1 Å². The number of nitro groups is 1. The molecule has 0 unspecified atom stereocenters. The summed E-state index contributed by atoms with van der Waals surface area (Å²) in [6, 6.07) is 33.3. The second-order valence-corrected chi connectivity index (χ2v) is 9.05. The molecule has 0 spiro atoms. The molecule has 7 nitrogen and oxygen atoms in total. The van der Waals surface area contributed by atoms with Crippen LogP contribution < -0.4 is 0 Å².